The molecular weight excluding hydrogens is 160 g/mol. The Morgan fingerprint density at radius 3 is 2.91 bits per heavy atom. The Hall–Kier alpha value is -0.380. The second kappa shape index (κ2) is 4.49. The molecule has 1 aromatic rings. The van der Waals surface area contributed by atoms with E-state index in [0.717, 1.165) is 4.88 Å². The van der Waals surface area contributed by atoms with Crippen molar-refractivity contribution in [1.82, 2.24) is 0 Å². The molecule has 0 saturated carbocycles. The normalized spacial score (nSPS) is 13.3. The lowest BCUT2D eigenvalue weighted by atomic mass is 10.2. The molecule has 0 aliphatic carbocycles. The predicted octanol–water partition coefficient (Wildman–Crippen LogP) is 1.55. The van der Waals surface area contributed by atoms with Gasteiger partial charge in [-0.2, -0.15) is 0 Å². The first-order valence-corrected chi connectivity index (χ1v) is 4.55. The molecule has 0 spiro atoms. The van der Waals surface area contributed by atoms with Gasteiger partial charge in [-0.25, -0.2) is 0 Å². The van der Waals surface area contributed by atoms with Gasteiger partial charge in [0.15, 0.2) is 0 Å². The maximum atomic E-state index is 9.44. The van der Waals surface area contributed by atoms with Crippen LogP contribution in [0.5, 0.6) is 0 Å². The molecule has 2 nitrogen and oxygen atoms in total. The zero-order chi connectivity index (χ0) is 8.10. The molecule has 11 heavy (non-hydrogen) atoms. The van der Waals surface area contributed by atoms with E-state index in [1.807, 2.05) is 17.5 Å². The molecule has 0 bridgehead atoms. The number of hydrogen-bond acceptors (Lipinski definition) is 3. The van der Waals surface area contributed by atoms with Crippen molar-refractivity contribution in [3.8, 4) is 0 Å². The number of aliphatic hydroxyl groups excluding tert-OH is 2. The van der Waals surface area contributed by atoms with Gasteiger partial charge in [0, 0.05) is 11.5 Å². The van der Waals surface area contributed by atoms with Gasteiger partial charge in [0.1, 0.15) is 0 Å². The quantitative estimate of drug-likeness (QED) is 0.723. The van der Waals surface area contributed by atoms with E-state index in [4.69, 9.17) is 5.11 Å². The van der Waals surface area contributed by atoms with Gasteiger partial charge in [0.2, 0.25) is 0 Å². The highest BCUT2D eigenvalue weighted by atomic mass is 32.1. The third-order valence-corrected chi connectivity index (χ3v) is 2.48. The first kappa shape index (κ1) is 8.71. The van der Waals surface area contributed by atoms with Gasteiger partial charge in [-0.05, 0) is 24.3 Å². The van der Waals surface area contributed by atoms with Crippen LogP contribution in [0.2, 0.25) is 0 Å². The fraction of sp³-hybridized carbons (Fsp3) is 0.500. The van der Waals surface area contributed by atoms with E-state index in [1.165, 1.54) is 0 Å². The van der Waals surface area contributed by atoms with Crippen molar-refractivity contribution >= 4 is 11.3 Å². The molecule has 62 valence electrons. The summed E-state index contributed by atoms with van der Waals surface area (Å²) in [6.07, 6.45) is 0.929. The molecule has 2 N–H and O–H groups in total. The van der Waals surface area contributed by atoms with Gasteiger partial charge in [0.05, 0.1) is 6.10 Å². The zero-order valence-corrected chi connectivity index (χ0v) is 7.05. The zero-order valence-electron chi connectivity index (χ0n) is 6.23. The van der Waals surface area contributed by atoms with Gasteiger partial charge in [-0.15, -0.1) is 11.3 Å². The van der Waals surface area contributed by atoms with Crippen LogP contribution in [0.1, 0.15) is 23.8 Å². The molecule has 1 unspecified atom stereocenters. The van der Waals surface area contributed by atoms with Gasteiger partial charge < -0.3 is 10.2 Å². The van der Waals surface area contributed by atoms with Crippen molar-refractivity contribution in [2.24, 2.45) is 0 Å². The van der Waals surface area contributed by atoms with Crippen LogP contribution < -0.4 is 0 Å². The summed E-state index contributed by atoms with van der Waals surface area (Å²) in [6, 6.07) is 3.83. The van der Waals surface area contributed by atoms with Crippen LogP contribution >= 0.6 is 11.3 Å². The van der Waals surface area contributed by atoms with Crippen molar-refractivity contribution in [1.29, 1.82) is 0 Å². The first-order chi connectivity index (χ1) is 5.34. The van der Waals surface area contributed by atoms with Crippen molar-refractivity contribution in [2.75, 3.05) is 6.61 Å². The van der Waals surface area contributed by atoms with Crippen molar-refractivity contribution in [2.45, 2.75) is 18.9 Å². The maximum absolute atomic E-state index is 9.44. The second-order valence-corrected chi connectivity index (χ2v) is 3.38. The summed E-state index contributed by atoms with van der Waals surface area (Å²) >= 11 is 1.55. The highest BCUT2D eigenvalue weighted by molar-refractivity contribution is 7.10. The minimum Gasteiger partial charge on any atom is -0.396 e. The van der Waals surface area contributed by atoms with E-state index in [2.05, 4.69) is 0 Å². The molecular formula is C8H12O2S. The average molecular weight is 172 g/mol. The molecule has 0 radical (unpaired) electrons. The lowest BCUT2D eigenvalue weighted by Crippen LogP contribution is -1.95. The van der Waals surface area contributed by atoms with Gasteiger partial charge in [0.25, 0.3) is 0 Å². The monoisotopic (exact) mass is 172 g/mol. The number of hydrogen-bond donors (Lipinski definition) is 2. The van der Waals surface area contributed by atoms with E-state index < -0.39 is 0 Å². The van der Waals surface area contributed by atoms with Gasteiger partial charge >= 0.3 is 0 Å². The minimum atomic E-state index is -0.387. The predicted molar refractivity (Wildman–Crippen MR) is 45.6 cm³/mol. The third kappa shape index (κ3) is 2.61. The Kier molecular flexibility index (Phi) is 3.56. The summed E-state index contributed by atoms with van der Waals surface area (Å²) in [5.74, 6) is 0. The minimum absolute atomic E-state index is 0.155. The van der Waals surface area contributed by atoms with Crippen LogP contribution in [-0.2, 0) is 0 Å². The number of rotatable bonds is 4. The molecule has 0 fully saturated rings. The van der Waals surface area contributed by atoms with Crippen LogP contribution in [0.15, 0.2) is 17.5 Å². The van der Waals surface area contributed by atoms with E-state index in [9.17, 15) is 5.11 Å². The van der Waals surface area contributed by atoms with E-state index in [1.54, 1.807) is 11.3 Å². The van der Waals surface area contributed by atoms with Crippen molar-refractivity contribution in [3.63, 3.8) is 0 Å². The Morgan fingerprint density at radius 2 is 2.36 bits per heavy atom. The fourth-order valence-corrected chi connectivity index (χ4v) is 1.65. The van der Waals surface area contributed by atoms with E-state index in [-0.39, 0.29) is 12.7 Å². The molecule has 1 aromatic heterocycles. The smallest absolute Gasteiger partial charge is 0.0882 e. The Bertz CT molecular complexity index is 184. The highest BCUT2D eigenvalue weighted by Gasteiger charge is 2.06. The summed E-state index contributed by atoms with van der Waals surface area (Å²) < 4.78 is 0. The van der Waals surface area contributed by atoms with E-state index in [0.29, 0.717) is 12.8 Å². The maximum Gasteiger partial charge on any atom is 0.0882 e. The van der Waals surface area contributed by atoms with Gasteiger partial charge in [-0.1, -0.05) is 6.07 Å². The fourth-order valence-electron chi connectivity index (χ4n) is 0.908. The van der Waals surface area contributed by atoms with Crippen LogP contribution in [-0.4, -0.2) is 16.8 Å². The van der Waals surface area contributed by atoms with Crippen LogP contribution in [0.3, 0.4) is 0 Å². The van der Waals surface area contributed by atoms with E-state index >= 15 is 0 Å². The van der Waals surface area contributed by atoms with Crippen molar-refractivity contribution < 1.29 is 10.2 Å². The standard InChI is InChI=1S/C8H12O2S/c9-5-1-3-7(10)8-4-2-6-11-8/h2,4,6-7,9-10H,1,3,5H2. The largest absolute Gasteiger partial charge is 0.396 e. The topological polar surface area (TPSA) is 40.5 Å². The van der Waals surface area contributed by atoms with Gasteiger partial charge in [-0.3, -0.25) is 0 Å². The summed E-state index contributed by atoms with van der Waals surface area (Å²) in [6.45, 7) is 0.155. The Labute approximate surface area is 70.1 Å². The number of thiophene rings is 1. The molecule has 0 saturated heterocycles. The number of aliphatic hydroxyl groups is 2. The lowest BCUT2D eigenvalue weighted by Gasteiger charge is -2.05. The first-order valence-electron chi connectivity index (χ1n) is 3.67. The Morgan fingerprint density at radius 1 is 1.55 bits per heavy atom. The molecule has 1 heterocycles. The second-order valence-electron chi connectivity index (χ2n) is 2.40. The molecule has 0 aliphatic rings. The molecule has 1 rings (SSSR count). The third-order valence-electron chi connectivity index (χ3n) is 1.51. The van der Waals surface area contributed by atoms with Crippen LogP contribution in [0.4, 0.5) is 0 Å². The van der Waals surface area contributed by atoms with Crippen LogP contribution in [0, 0.1) is 0 Å². The molecule has 0 aliphatic heterocycles. The van der Waals surface area contributed by atoms with Crippen LogP contribution in [0.25, 0.3) is 0 Å². The highest BCUT2D eigenvalue weighted by Crippen LogP contribution is 2.22. The SMILES string of the molecule is OCCCC(O)c1cccs1. The average Bonchev–Trinajstić information content (AvgIpc) is 2.52. The summed E-state index contributed by atoms with van der Waals surface area (Å²) in [5.41, 5.74) is 0. The Balaban J connectivity index is 2.36. The lowest BCUT2D eigenvalue weighted by molar-refractivity contribution is 0.155. The molecule has 0 amide bonds. The van der Waals surface area contributed by atoms with Crippen molar-refractivity contribution in [3.05, 3.63) is 22.4 Å². The molecule has 0 aromatic carbocycles. The summed E-state index contributed by atoms with van der Waals surface area (Å²) in [4.78, 5) is 0.985. The summed E-state index contributed by atoms with van der Waals surface area (Å²) in [7, 11) is 0. The molecule has 3 heteroatoms. The summed E-state index contributed by atoms with van der Waals surface area (Å²) in [5, 5.41) is 19.9. The molecule has 1 atom stereocenters.